The summed E-state index contributed by atoms with van der Waals surface area (Å²) in [5, 5.41) is 0. The Balaban J connectivity index is 2.37. The summed E-state index contributed by atoms with van der Waals surface area (Å²) in [6.07, 6.45) is -0.118. The first kappa shape index (κ1) is 16.4. The Hall–Kier alpha value is -0.630. The van der Waals surface area contributed by atoms with Gasteiger partial charge in [-0.25, -0.2) is 8.42 Å². The molecular weight excluding hydrogens is 308 g/mol. The van der Waals surface area contributed by atoms with Gasteiger partial charge >= 0.3 is 0 Å². The lowest BCUT2D eigenvalue weighted by Crippen LogP contribution is -2.27. The first-order valence-electron chi connectivity index (χ1n) is 5.70. The molecule has 5 nitrogen and oxygen atoms in total. The van der Waals surface area contributed by atoms with Crippen molar-refractivity contribution in [3.05, 3.63) is 21.3 Å². The highest BCUT2D eigenvalue weighted by Crippen LogP contribution is 2.22. The minimum Gasteiger partial charge on any atom is -0.370 e. The summed E-state index contributed by atoms with van der Waals surface area (Å²) in [4.78, 5) is 13.6. The Morgan fingerprint density at radius 1 is 1.42 bits per heavy atom. The number of amides is 1. The summed E-state index contributed by atoms with van der Waals surface area (Å²) >= 11 is 7.30. The third-order valence-electron chi connectivity index (χ3n) is 2.50. The molecule has 2 N–H and O–H groups in total. The number of nitrogens with two attached hydrogens (primary N) is 1. The summed E-state index contributed by atoms with van der Waals surface area (Å²) in [6, 6.07) is 3.74. The van der Waals surface area contributed by atoms with Crippen molar-refractivity contribution in [1.29, 1.82) is 0 Å². The number of nitrogens with zero attached hydrogens (tertiary/aromatic N) is 1. The van der Waals surface area contributed by atoms with Gasteiger partial charge in [0.1, 0.15) is 0 Å². The second-order valence-corrected chi connectivity index (χ2v) is 8.42. The Kier molecular flexibility index (Phi) is 6.25. The summed E-state index contributed by atoms with van der Waals surface area (Å²) in [6.45, 7) is 1.07. The second-order valence-electron chi connectivity index (χ2n) is 4.31. The maximum Gasteiger partial charge on any atom is 0.218 e. The maximum atomic E-state index is 11.6. The molecule has 0 atom stereocenters. The molecule has 0 radical (unpaired) electrons. The topological polar surface area (TPSA) is 80.5 Å². The van der Waals surface area contributed by atoms with Crippen LogP contribution in [-0.2, 0) is 21.2 Å². The van der Waals surface area contributed by atoms with E-state index >= 15 is 0 Å². The van der Waals surface area contributed by atoms with Crippen LogP contribution in [0.5, 0.6) is 0 Å². The SMILES string of the molecule is CN(CCS(=O)(=O)CCC(N)=O)Cc1ccc(Cl)s1. The number of carbonyl (C=O) groups excluding carboxylic acids is 1. The molecule has 108 valence electrons. The van der Waals surface area contributed by atoms with Crippen molar-refractivity contribution >= 4 is 38.7 Å². The molecule has 0 aliphatic carbocycles. The number of rotatable bonds is 8. The summed E-state index contributed by atoms with van der Waals surface area (Å²) in [5.74, 6) is -0.748. The highest BCUT2D eigenvalue weighted by molar-refractivity contribution is 7.91. The highest BCUT2D eigenvalue weighted by atomic mass is 35.5. The molecule has 19 heavy (non-hydrogen) atoms. The zero-order chi connectivity index (χ0) is 14.5. The average Bonchev–Trinajstić information content (AvgIpc) is 2.70. The predicted octanol–water partition coefficient (Wildman–Crippen LogP) is 1.12. The molecule has 1 amide bonds. The van der Waals surface area contributed by atoms with Crippen LogP contribution >= 0.6 is 22.9 Å². The number of carbonyl (C=O) groups is 1. The van der Waals surface area contributed by atoms with Crippen LogP contribution in [0.3, 0.4) is 0 Å². The van der Waals surface area contributed by atoms with E-state index in [0.717, 1.165) is 9.21 Å². The molecule has 0 aliphatic rings. The van der Waals surface area contributed by atoms with Gasteiger partial charge in [0.25, 0.3) is 0 Å². The molecule has 0 saturated carbocycles. The third-order valence-corrected chi connectivity index (χ3v) is 5.34. The van der Waals surface area contributed by atoms with E-state index in [1.54, 1.807) is 0 Å². The van der Waals surface area contributed by atoms with Crippen molar-refractivity contribution < 1.29 is 13.2 Å². The van der Waals surface area contributed by atoms with E-state index in [-0.39, 0.29) is 17.9 Å². The smallest absolute Gasteiger partial charge is 0.218 e. The molecule has 0 spiro atoms. The third kappa shape index (κ3) is 6.91. The number of hydrogen-bond acceptors (Lipinski definition) is 5. The predicted molar refractivity (Wildman–Crippen MR) is 78.1 cm³/mol. The molecule has 1 rings (SSSR count). The van der Waals surface area contributed by atoms with Crippen LogP contribution in [0.4, 0.5) is 0 Å². The van der Waals surface area contributed by atoms with Gasteiger partial charge in [-0.1, -0.05) is 11.6 Å². The van der Waals surface area contributed by atoms with Crippen LogP contribution < -0.4 is 5.73 Å². The van der Waals surface area contributed by atoms with Crippen molar-refractivity contribution in [3.63, 3.8) is 0 Å². The summed E-state index contributed by atoms with van der Waals surface area (Å²) in [7, 11) is -1.38. The molecule has 0 bridgehead atoms. The van der Waals surface area contributed by atoms with Crippen molar-refractivity contribution in [2.24, 2.45) is 5.73 Å². The lowest BCUT2D eigenvalue weighted by molar-refractivity contribution is -0.117. The molecule has 1 aromatic heterocycles. The summed E-state index contributed by atoms with van der Waals surface area (Å²) in [5.41, 5.74) is 4.94. The molecule has 0 fully saturated rings. The van der Waals surface area contributed by atoms with Gasteiger partial charge in [-0.15, -0.1) is 11.3 Å². The monoisotopic (exact) mass is 324 g/mol. The van der Waals surface area contributed by atoms with Gasteiger partial charge in [-0.2, -0.15) is 0 Å². The first-order valence-corrected chi connectivity index (χ1v) is 8.71. The minimum absolute atomic E-state index is 0.0237. The van der Waals surface area contributed by atoms with Gasteiger partial charge in [0.2, 0.25) is 5.91 Å². The standard InChI is InChI=1S/C11H17ClN2O3S2/c1-14(8-9-2-3-10(12)18-9)5-7-19(16,17)6-4-11(13)15/h2-3H,4-8H2,1H3,(H2,13,15). The number of thiophene rings is 1. The number of hydrogen-bond donors (Lipinski definition) is 1. The van der Waals surface area contributed by atoms with Crippen molar-refractivity contribution in [2.75, 3.05) is 25.1 Å². The van der Waals surface area contributed by atoms with Crippen LogP contribution in [0.1, 0.15) is 11.3 Å². The van der Waals surface area contributed by atoms with E-state index in [9.17, 15) is 13.2 Å². The van der Waals surface area contributed by atoms with Crippen molar-refractivity contribution in [3.8, 4) is 0 Å². The van der Waals surface area contributed by atoms with Gasteiger partial charge in [0.05, 0.1) is 15.8 Å². The Morgan fingerprint density at radius 3 is 2.63 bits per heavy atom. The normalized spacial score (nSPS) is 11.9. The molecule has 8 heteroatoms. The molecule has 0 aromatic carbocycles. The van der Waals surface area contributed by atoms with Crippen LogP contribution in [-0.4, -0.2) is 44.3 Å². The Labute approximate surface area is 122 Å². The van der Waals surface area contributed by atoms with Gasteiger partial charge in [-0.3, -0.25) is 4.79 Å². The lowest BCUT2D eigenvalue weighted by atomic mass is 10.4. The zero-order valence-corrected chi connectivity index (χ0v) is 13.0. The average molecular weight is 325 g/mol. The zero-order valence-electron chi connectivity index (χ0n) is 10.6. The van der Waals surface area contributed by atoms with Crippen molar-refractivity contribution in [2.45, 2.75) is 13.0 Å². The van der Waals surface area contributed by atoms with Crippen molar-refractivity contribution in [1.82, 2.24) is 4.90 Å². The minimum atomic E-state index is -3.22. The highest BCUT2D eigenvalue weighted by Gasteiger charge is 2.14. The Morgan fingerprint density at radius 2 is 2.11 bits per heavy atom. The van der Waals surface area contributed by atoms with Gasteiger partial charge in [0, 0.05) is 24.4 Å². The first-order chi connectivity index (χ1) is 8.78. The van der Waals surface area contributed by atoms with E-state index in [0.29, 0.717) is 13.1 Å². The van der Waals surface area contributed by atoms with E-state index in [1.807, 2.05) is 24.1 Å². The van der Waals surface area contributed by atoms with Gasteiger partial charge < -0.3 is 10.6 Å². The number of sulfone groups is 1. The van der Waals surface area contributed by atoms with E-state index in [1.165, 1.54) is 11.3 Å². The molecule has 1 aromatic rings. The quantitative estimate of drug-likeness (QED) is 0.777. The van der Waals surface area contributed by atoms with Crippen LogP contribution in [0.2, 0.25) is 4.34 Å². The fraction of sp³-hybridized carbons (Fsp3) is 0.545. The van der Waals surface area contributed by atoms with E-state index in [4.69, 9.17) is 17.3 Å². The summed E-state index contributed by atoms with van der Waals surface area (Å²) < 4.78 is 24.0. The molecule has 0 unspecified atom stereocenters. The Bertz CT molecular complexity index is 528. The molecule has 0 aliphatic heterocycles. The lowest BCUT2D eigenvalue weighted by Gasteiger charge is -2.15. The maximum absolute atomic E-state index is 11.6. The van der Waals surface area contributed by atoms with E-state index < -0.39 is 15.7 Å². The van der Waals surface area contributed by atoms with E-state index in [2.05, 4.69) is 0 Å². The molecular formula is C11H17ClN2O3S2. The number of primary amides is 1. The molecule has 1 heterocycles. The van der Waals surface area contributed by atoms with Gasteiger partial charge in [-0.05, 0) is 19.2 Å². The van der Waals surface area contributed by atoms with Gasteiger partial charge in [0.15, 0.2) is 9.84 Å². The van der Waals surface area contributed by atoms with Crippen LogP contribution in [0.15, 0.2) is 12.1 Å². The number of halogens is 1. The molecule has 0 saturated heterocycles. The fourth-order valence-electron chi connectivity index (χ4n) is 1.43. The second kappa shape index (κ2) is 7.23. The van der Waals surface area contributed by atoms with Crippen LogP contribution in [0.25, 0.3) is 0 Å². The fourth-order valence-corrected chi connectivity index (χ4v) is 3.91. The largest absolute Gasteiger partial charge is 0.370 e. The van der Waals surface area contributed by atoms with Crippen LogP contribution in [0, 0.1) is 0 Å².